The van der Waals surface area contributed by atoms with Crippen LogP contribution in [-0.4, -0.2) is 199 Å². The Morgan fingerprint density at radius 2 is 1.53 bits per heavy atom. The van der Waals surface area contributed by atoms with E-state index in [9.17, 15) is 70.2 Å². The summed E-state index contributed by atoms with van der Waals surface area (Å²) in [4.78, 5) is 66.9. The number of benzene rings is 2. The van der Waals surface area contributed by atoms with Crippen molar-refractivity contribution in [3.8, 4) is 11.5 Å². The average molecular weight is 1290 g/mol. The molecule has 24 nitrogen and oxygen atoms in total. The number of carbonyl (C=O) groups is 5. The van der Waals surface area contributed by atoms with Gasteiger partial charge in [-0.15, -0.1) is 0 Å². The summed E-state index contributed by atoms with van der Waals surface area (Å²) in [5, 5.41) is 118. The highest BCUT2D eigenvalue weighted by atomic mass is 16.8. The van der Waals surface area contributed by atoms with Gasteiger partial charge in [-0.05, 0) is 130 Å². The van der Waals surface area contributed by atoms with Crippen molar-refractivity contribution in [3.05, 3.63) is 70.3 Å². The van der Waals surface area contributed by atoms with Gasteiger partial charge in [-0.25, -0.2) is 0 Å². The molecular weight excluding hydrogens is 1200 g/mol. The van der Waals surface area contributed by atoms with E-state index in [0.29, 0.717) is 62.4 Å². The summed E-state index contributed by atoms with van der Waals surface area (Å²) in [5.74, 6) is -2.20. The van der Waals surface area contributed by atoms with E-state index >= 15 is 4.79 Å². The Kier molecular flexibility index (Phi) is 20.4. The van der Waals surface area contributed by atoms with Gasteiger partial charge >= 0.3 is 5.97 Å². The third-order valence-corrected chi connectivity index (χ3v) is 23.1. The summed E-state index contributed by atoms with van der Waals surface area (Å²) in [7, 11) is 0. The molecule has 8 aliphatic rings. The first-order valence-corrected chi connectivity index (χ1v) is 32.8. The number of rotatable bonds is 23. The molecule has 5 aliphatic carbocycles. The molecule has 2 aromatic rings. The average Bonchev–Trinajstić information content (AvgIpc) is 0.627. The lowest BCUT2D eigenvalue weighted by atomic mass is 9.23. The number of carbonyl (C=O) groups excluding carboxylic acids is 5. The molecule has 7 fully saturated rings. The summed E-state index contributed by atoms with van der Waals surface area (Å²) in [6, 6.07) is 9.72. The van der Waals surface area contributed by atoms with Gasteiger partial charge in [-0.2, -0.15) is 0 Å². The van der Waals surface area contributed by atoms with Gasteiger partial charge in [0.05, 0.1) is 48.5 Å². The number of unbranched alkanes of at least 4 members (excludes halogenated alkanes) is 2. The highest BCUT2D eigenvalue weighted by Gasteiger charge is 2.80. The van der Waals surface area contributed by atoms with Crippen LogP contribution in [0.2, 0.25) is 0 Å². The second-order valence-corrected chi connectivity index (χ2v) is 29.2. The molecule has 1 spiro atoms. The maximum absolute atomic E-state index is 15.7. The molecule has 3 saturated heterocycles. The fraction of sp³-hybridized carbons (Fsp3) is 0.721. The number of phenols is 1. The molecule has 10 rings (SSSR count). The van der Waals surface area contributed by atoms with Crippen molar-refractivity contribution in [1.29, 1.82) is 0 Å². The van der Waals surface area contributed by atoms with E-state index in [0.717, 1.165) is 24.7 Å². The maximum atomic E-state index is 15.7. The Labute approximate surface area is 536 Å². The van der Waals surface area contributed by atoms with E-state index in [2.05, 4.69) is 45.3 Å². The fourth-order valence-corrected chi connectivity index (χ4v) is 17.9. The minimum Gasteiger partial charge on any atom is -0.507 e. The molecule has 24 heteroatoms. The molecule has 2 amide bonds. The molecule has 0 aromatic heterocycles. The normalized spacial score (nSPS) is 39.4. The number of esters is 1. The number of nitrogens with one attached hydrogen (secondary N) is 2. The summed E-state index contributed by atoms with van der Waals surface area (Å²) in [6.45, 7) is 15.2. The molecule has 4 saturated carbocycles. The van der Waals surface area contributed by atoms with E-state index in [1.165, 1.54) is 18.6 Å². The van der Waals surface area contributed by atoms with Crippen LogP contribution in [-0.2, 0) is 49.4 Å². The van der Waals surface area contributed by atoms with Crippen molar-refractivity contribution < 1.29 is 108 Å². The van der Waals surface area contributed by atoms with E-state index in [-0.39, 0.29) is 83.5 Å². The van der Waals surface area contributed by atoms with E-state index in [1.54, 1.807) is 36.4 Å². The first-order valence-electron chi connectivity index (χ1n) is 32.8. The number of aldehydes is 2. The molecule has 510 valence electrons. The van der Waals surface area contributed by atoms with Crippen LogP contribution in [0.4, 0.5) is 0 Å². The molecule has 23 atom stereocenters. The number of aliphatic hydroxyl groups excluding tert-OH is 9. The predicted molar refractivity (Wildman–Crippen MR) is 326 cm³/mol. The number of fused-ring (bicyclic) bond motifs is 3. The highest BCUT2D eigenvalue weighted by molar-refractivity contribution is 5.94. The van der Waals surface area contributed by atoms with Crippen LogP contribution in [0.3, 0.4) is 0 Å². The second kappa shape index (κ2) is 26.9. The minimum atomic E-state index is -1.98. The Balaban J connectivity index is 0.836. The number of ether oxygens (including phenoxy) is 7. The van der Waals surface area contributed by atoms with Crippen LogP contribution in [0.5, 0.6) is 11.5 Å². The van der Waals surface area contributed by atoms with Crippen LogP contribution >= 0.6 is 0 Å². The van der Waals surface area contributed by atoms with Crippen molar-refractivity contribution >= 4 is 30.4 Å². The Hall–Kier alpha value is -5.03. The zero-order valence-corrected chi connectivity index (χ0v) is 53.9. The number of hydrogen-bond donors (Lipinski definition) is 12. The van der Waals surface area contributed by atoms with Crippen molar-refractivity contribution in [2.75, 3.05) is 19.8 Å². The quantitative estimate of drug-likeness (QED) is 0.0329. The number of aliphatic hydroxyl groups is 9. The fourth-order valence-electron chi connectivity index (χ4n) is 17.9. The molecule has 3 heterocycles. The van der Waals surface area contributed by atoms with Gasteiger partial charge in [0.25, 0.3) is 5.91 Å². The molecule has 92 heavy (non-hydrogen) atoms. The number of allylic oxidation sites excluding steroid dienone is 2. The summed E-state index contributed by atoms with van der Waals surface area (Å²) in [5.41, 5.74) is -0.457. The van der Waals surface area contributed by atoms with Crippen LogP contribution in [0.15, 0.2) is 53.6 Å². The zero-order valence-electron chi connectivity index (χ0n) is 53.9. The third-order valence-electron chi connectivity index (χ3n) is 23.1. The third kappa shape index (κ3) is 12.1. The Morgan fingerprint density at radius 1 is 0.826 bits per heavy atom. The van der Waals surface area contributed by atoms with E-state index in [1.807, 2.05) is 13.8 Å². The predicted octanol–water partition coefficient (Wildman–Crippen LogP) is 3.17. The van der Waals surface area contributed by atoms with E-state index < -0.39 is 145 Å². The molecule has 2 aromatic carbocycles. The van der Waals surface area contributed by atoms with Crippen molar-refractivity contribution in [1.82, 2.24) is 10.6 Å². The summed E-state index contributed by atoms with van der Waals surface area (Å²) >= 11 is 0. The molecular formula is C68H96N2O22. The highest BCUT2D eigenvalue weighted by Crippen LogP contribution is 2.86. The SMILES string of the molecule is CCC(O)C(C)(C=O)[C@H]1CC[C@]23C(=C4C5CC(C)(C)CCC5(C(=O)O[C@@H]5O[C@H](CO)C(NC(=O)CCCCCNC(=O)c6ccc(COc7cccc(O)c7C=O)cc6)C(O)C5O[C@@H]5O[C@H](C)C(O[C@@H]6OC[C@@H](O)C(O)C6O)C(O)C5O)[C@H](O)C[C@]42C)CC3C1(C)C. The maximum Gasteiger partial charge on any atom is 0.317 e. The Morgan fingerprint density at radius 3 is 2.22 bits per heavy atom. The largest absolute Gasteiger partial charge is 0.507 e. The van der Waals surface area contributed by atoms with Gasteiger partial charge in [0.1, 0.15) is 78.6 Å². The molecule has 13 unspecified atom stereocenters. The van der Waals surface area contributed by atoms with Gasteiger partial charge in [-0.1, -0.05) is 84.2 Å². The standard InChI is InChI=1S/C68H96N2O22/c1-9-46(76)65(7,33-73)44-21-22-68-38(26-45(68)64(44,5)6)49-39-27-63(3,4)23-24-67(39,47(77)28-66(49,68)8)62(85)92-61-57(91-60-55(83)53(81)56(34(2)88-60)90-59-54(82)51(79)41(75)32-87-59)52(80)50(43(30-72)89-61)70-48(78)16-11-10-12-25-69-58(84)36-19-17-35(18-20-36)31-86-42-15-13-14-40(74)37(42)29-71/h13-15,17-20,29,33-34,39,41,43-47,50-57,59-61,72,74-77,79-83H,9-12,16,21-28,30-32H2,1-8H3,(H,69,84)(H,70,78)/t34-,39?,41-,43-,44+,45?,46?,47-,50?,51?,52?,53?,54?,55?,56?,57?,59+,60+,61+,65?,66-,67?,68-/m1/s1. The van der Waals surface area contributed by atoms with Crippen molar-refractivity contribution in [3.63, 3.8) is 0 Å². The molecule has 3 aliphatic heterocycles. The van der Waals surface area contributed by atoms with Crippen LogP contribution < -0.4 is 15.4 Å². The molecule has 0 bridgehead atoms. The summed E-state index contributed by atoms with van der Waals surface area (Å²) < 4.78 is 42.2. The van der Waals surface area contributed by atoms with Crippen LogP contribution in [0, 0.1) is 50.2 Å². The number of aromatic hydroxyl groups is 1. The lowest BCUT2D eigenvalue weighted by Gasteiger charge is -2.81. The van der Waals surface area contributed by atoms with E-state index in [4.69, 9.17) is 33.2 Å². The van der Waals surface area contributed by atoms with Crippen LogP contribution in [0.1, 0.15) is 159 Å². The van der Waals surface area contributed by atoms with Gasteiger partial charge < -0.3 is 99.7 Å². The first kappa shape index (κ1) is 69.8. The second-order valence-electron chi connectivity index (χ2n) is 29.2. The molecule has 12 N–H and O–H groups in total. The zero-order chi connectivity index (χ0) is 66.8. The monoisotopic (exact) mass is 1290 g/mol. The van der Waals surface area contributed by atoms with Crippen molar-refractivity contribution in [2.24, 2.45) is 50.2 Å². The van der Waals surface area contributed by atoms with Crippen molar-refractivity contribution in [2.45, 2.75) is 237 Å². The molecule has 0 radical (unpaired) electrons. The minimum absolute atomic E-state index is 0.0299. The topological polar surface area (TPSA) is 376 Å². The Bertz CT molecular complexity index is 3050. The van der Waals surface area contributed by atoms with Gasteiger partial charge in [0.2, 0.25) is 12.2 Å². The van der Waals surface area contributed by atoms with Gasteiger partial charge in [-0.3, -0.25) is 19.2 Å². The van der Waals surface area contributed by atoms with Crippen LogP contribution in [0.25, 0.3) is 0 Å². The number of hydrogen-bond acceptors (Lipinski definition) is 22. The lowest BCUT2D eigenvalue weighted by molar-refractivity contribution is -0.370. The van der Waals surface area contributed by atoms with Gasteiger partial charge in [0, 0.05) is 29.4 Å². The van der Waals surface area contributed by atoms with Gasteiger partial charge in [0.15, 0.2) is 25.0 Å². The number of amides is 2. The lowest BCUT2D eigenvalue weighted by Crippen LogP contribution is -2.75. The summed E-state index contributed by atoms with van der Waals surface area (Å²) in [6.07, 6.45) is -17.0. The smallest absolute Gasteiger partial charge is 0.317 e. The number of phenolic OH excluding ortho intramolecular Hbond substituents is 1. The first-order chi connectivity index (χ1) is 43.5.